The fraction of sp³-hybridized carbons (Fsp3) is 0.273. The zero-order valence-corrected chi connectivity index (χ0v) is 16.8. The molecule has 0 atom stereocenters. The molecule has 4 nitrogen and oxygen atoms in total. The number of hydrogen-bond acceptors (Lipinski definition) is 4. The van der Waals surface area contributed by atoms with E-state index in [1.807, 2.05) is 32.0 Å². The van der Waals surface area contributed by atoms with E-state index in [4.69, 9.17) is 9.68 Å². The lowest BCUT2D eigenvalue weighted by Gasteiger charge is -2.14. The van der Waals surface area contributed by atoms with Crippen molar-refractivity contribution in [3.8, 4) is 0 Å². The van der Waals surface area contributed by atoms with Crippen LogP contribution < -0.4 is 0 Å². The maximum Gasteiger partial charge on any atom is 0.416 e. The number of oxime groups is 2. The van der Waals surface area contributed by atoms with Crippen LogP contribution >= 0.6 is 0 Å². The van der Waals surface area contributed by atoms with Crippen molar-refractivity contribution < 1.29 is 22.8 Å². The average molecular weight is 404 g/mol. The molecule has 0 heterocycles. The first kappa shape index (κ1) is 22.2. The Bertz CT molecular complexity index is 947. The van der Waals surface area contributed by atoms with Crippen molar-refractivity contribution in [2.24, 2.45) is 10.3 Å². The molecule has 0 amide bonds. The van der Waals surface area contributed by atoms with Crippen molar-refractivity contribution >= 4 is 17.0 Å². The summed E-state index contributed by atoms with van der Waals surface area (Å²) in [5.41, 5.74) is 3.98. The summed E-state index contributed by atoms with van der Waals surface area (Å²) in [6.07, 6.45) is -4.41. The van der Waals surface area contributed by atoms with Gasteiger partial charge in [-0.25, -0.2) is 0 Å². The Balaban J connectivity index is 2.30. The number of hydrogen-bond donors (Lipinski definition) is 0. The van der Waals surface area contributed by atoms with Crippen LogP contribution in [-0.2, 0) is 22.5 Å². The van der Waals surface area contributed by atoms with Crippen LogP contribution in [0.3, 0.4) is 0 Å². The van der Waals surface area contributed by atoms with Gasteiger partial charge in [0.2, 0.25) is 0 Å². The second-order valence-electron chi connectivity index (χ2n) is 6.50. The third-order valence-electron chi connectivity index (χ3n) is 4.27. The largest absolute Gasteiger partial charge is 0.416 e. The molecule has 0 saturated heterocycles. The highest BCUT2D eigenvalue weighted by atomic mass is 19.4. The lowest BCUT2D eigenvalue weighted by Crippen LogP contribution is -2.08. The van der Waals surface area contributed by atoms with E-state index in [0.717, 1.165) is 34.4 Å². The van der Waals surface area contributed by atoms with Crippen molar-refractivity contribution in [2.75, 3.05) is 7.11 Å². The molecule has 0 aliphatic heterocycles. The van der Waals surface area contributed by atoms with Crippen molar-refractivity contribution in [2.45, 2.75) is 33.6 Å². The predicted molar refractivity (Wildman–Crippen MR) is 109 cm³/mol. The van der Waals surface area contributed by atoms with Crippen LogP contribution in [0.2, 0.25) is 0 Å². The Morgan fingerprint density at radius 1 is 0.966 bits per heavy atom. The molecule has 0 aliphatic rings. The number of halogens is 3. The molecule has 2 aromatic carbocycles. The van der Waals surface area contributed by atoms with Crippen LogP contribution in [0.15, 0.2) is 59.4 Å². The maximum atomic E-state index is 12.9. The molecular weight excluding hydrogens is 381 g/mol. The van der Waals surface area contributed by atoms with Gasteiger partial charge in [-0.15, -0.1) is 0 Å². The summed E-state index contributed by atoms with van der Waals surface area (Å²) in [5, 5.41) is 7.98. The summed E-state index contributed by atoms with van der Waals surface area (Å²) in [5.74, 6) is 0. The topological polar surface area (TPSA) is 43.2 Å². The number of benzene rings is 2. The Morgan fingerprint density at radius 2 is 1.62 bits per heavy atom. The van der Waals surface area contributed by atoms with Gasteiger partial charge in [-0.2, -0.15) is 13.2 Å². The van der Waals surface area contributed by atoms with Gasteiger partial charge < -0.3 is 9.68 Å². The van der Waals surface area contributed by atoms with Gasteiger partial charge in [0.15, 0.2) is 0 Å². The van der Waals surface area contributed by atoms with E-state index in [1.165, 1.54) is 13.2 Å². The minimum Gasteiger partial charge on any atom is -0.399 e. The molecule has 7 heteroatoms. The molecular formula is C22H23F3N2O2. The van der Waals surface area contributed by atoms with E-state index in [-0.39, 0.29) is 6.61 Å². The van der Waals surface area contributed by atoms with Crippen molar-refractivity contribution in [1.82, 2.24) is 0 Å². The Hall–Kier alpha value is -3.09. The first-order valence-corrected chi connectivity index (χ1v) is 8.85. The standard InChI is InChI=1S/C22H23F3N2O2/c1-14(2)19-10-7-11-20(16(4)26-28-5)21(19)13-29-27-15(3)17-8-6-9-18(12-17)22(23,24)25/h6-12H,1,13H2,2-5H3/b26-16-,27-15+. The Kier molecular flexibility index (Phi) is 7.20. The van der Waals surface area contributed by atoms with Crippen LogP contribution in [-0.4, -0.2) is 18.5 Å². The molecule has 0 spiro atoms. The smallest absolute Gasteiger partial charge is 0.399 e. The van der Waals surface area contributed by atoms with Crippen LogP contribution in [0, 0.1) is 0 Å². The Labute approximate surface area is 168 Å². The molecule has 0 unspecified atom stereocenters. The van der Waals surface area contributed by atoms with Gasteiger partial charge >= 0.3 is 6.18 Å². The normalized spacial score (nSPS) is 12.7. The van der Waals surface area contributed by atoms with E-state index in [2.05, 4.69) is 16.9 Å². The van der Waals surface area contributed by atoms with E-state index < -0.39 is 11.7 Å². The van der Waals surface area contributed by atoms with Gasteiger partial charge in [0.1, 0.15) is 13.7 Å². The lowest BCUT2D eigenvalue weighted by atomic mass is 9.95. The van der Waals surface area contributed by atoms with Crippen molar-refractivity contribution in [3.63, 3.8) is 0 Å². The molecule has 2 aromatic rings. The summed E-state index contributed by atoms with van der Waals surface area (Å²) in [7, 11) is 1.46. The Morgan fingerprint density at radius 3 is 2.24 bits per heavy atom. The number of alkyl halides is 3. The fourth-order valence-corrected chi connectivity index (χ4v) is 2.83. The second-order valence-corrected chi connectivity index (χ2v) is 6.50. The third-order valence-corrected chi connectivity index (χ3v) is 4.27. The first-order chi connectivity index (χ1) is 13.6. The fourth-order valence-electron chi connectivity index (χ4n) is 2.83. The summed E-state index contributed by atoms with van der Waals surface area (Å²) < 4.78 is 38.7. The van der Waals surface area contributed by atoms with Crippen molar-refractivity contribution in [3.05, 3.63) is 76.9 Å². The summed E-state index contributed by atoms with van der Waals surface area (Å²) >= 11 is 0. The van der Waals surface area contributed by atoms with E-state index in [0.29, 0.717) is 17.0 Å². The van der Waals surface area contributed by atoms with Gasteiger partial charge in [-0.1, -0.05) is 52.8 Å². The lowest BCUT2D eigenvalue weighted by molar-refractivity contribution is -0.137. The SMILES string of the molecule is C=C(C)c1cccc(/C(C)=N\OC)c1CO/N=C(\C)c1cccc(C(F)(F)F)c1. The van der Waals surface area contributed by atoms with Gasteiger partial charge in [0, 0.05) is 11.1 Å². The molecule has 0 N–H and O–H groups in total. The molecule has 0 aromatic heterocycles. The zero-order valence-electron chi connectivity index (χ0n) is 16.8. The van der Waals surface area contributed by atoms with E-state index in [1.54, 1.807) is 13.0 Å². The molecule has 0 radical (unpaired) electrons. The van der Waals surface area contributed by atoms with Crippen LogP contribution in [0.4, 0.5) is 13.2 Å². The molecule has 29 heavy (non-hydrogen) atoms. The van der Waals surface area contributed by atoms with Gasteiger partial charge in [-0.3, -0.25) is 0 Å². The predicted octanol–water partition coefficient (Wildman–Crippen LogP) is 6.05. The molecule has 2 rings (SSSR count). The number of rotatable bonds is 7. The van der Waals surface area contributed by atoms with E-state index in [9.17, 15) is 13.2 Å². The molecule has 0 fully saturated rings. The highest BCUT2D eigenvalue weighted by Crippen LogP contribution is 2.29. The minimum absolute atomic E-state index is 0.102. The van der Waals surface area contributed by atoms with Crippen LogP contribution in [0.1, 0.15) is 48.6 Å². The summed E-state index contributed by atoms with van der Waals surface area (Å²) in [6.45, 7) is 9.37. The highest BCUT2D eigenvalue weighted by molar-refractivity contribution is 6.00. The molecule has 0 aliphatic carbocycles. The molecule has 0 bridgehead atoms. The van der Waals surface area contributed by atoms with E-state index >= 15 is 0 Å². The quantitative estimate of drug-likeness (QED) is 0.416. The number of allylic oxidation sites excluding steroid dienone is 1. The molecule has 154 valence electrons. The summed E-state index contributed by atoms with van der Waals surface area (Å²) in [4.78, 5) is 10.3. The zero-order chi connectivity index (χ0) is 21.6. The average Bonchev–Trinajstić information content (AvgIpc) is 2.67. The highest BCUT2D eigenvalue weighted by Gasteiger charge is 2.30. The minimum atomic E-state index is -4.41. The molecule has 0 saturated carbocycles. The van der Waals surface area contributed by atoms with Crippen LogP contribution in [0.25, 0.3) is 5.57 Å². The van der Waals surface area contributed by atoms with Gasteiger partial charge in [0.25, 0.3) is 0 Å². The first-order valence-electron chi connectivity index (χ1n) is 8.85. The number of nitrogens with zero attached hydrogens (tertiary/aromatic N) is 2. The monoisotopic (exact) mass is 404 g/mol. The van der Waals surface area contributed by atoms with Crippen molar-refractivity contribution in [1.29, 1.82) is 0 Å². The summed E-state index contributed by atoms with van der Waals surface area (Å²) in [6, 6.07) is 10.6. The van der Waals surface area contributed by atoms with Crippen LogP contribution in [0.5, 0.6) is 0 Å². The van der Waals surface area contributed by atoms with Gasteiger partial charge in [0.05, 0.1) is 17.0 Å². The second kappa shape index (κ2) is 9.41. The third kappa shape index (κ3) is 5.70. The van der Waals surface area contributed by atoms with Gasteiger partial charge in [-0.05, 0) is 44.0 Å². The maximum absolute atomic E-state index is 12.9.